The summed E-state index contributed by atoms with van der Waals surface area (Å²) < 4.78 is 41.7. The molecule has 0 fully saturated rings. The number of hydrogen-bond donors (Lipinski definition) is 1. The molecule has 0 saturated heterocycles. The number of phenolic OH excluding ortho intramolecular Hbond substituents is 1. The first-order valence-corrected chi connectivity index (χ1v) is 5.68. The van der Waals surface area contributed by atoms with E-state index in [2.05, 4.69) is 0 Å². The lowest BCUT2D eigenvalue weighted by Gasteiger charge is -2.10. The Hall–Kier alpha value is -2.50. The summed E-state index contributed by atoms with van der Waals surface area (Å²) in [5, 5.41) is 9.15. The van der Waals surface area contributed by atoms with Gasteiger partial charge >= 0.3 is 0 Å². The molecule has 1 N–H and O–H groups in total. The van der Waals surface area contributed by atoms with E-state index in [1.165, 1.54) is 37.4 Å². The summed E-state index contributed by atoms with van der Waals surface area (Å²) in [6.07, 6.45) is 0. The number of ether oxygens (including phenoxy) is 3. The first-order chi connectivity index (χ1) is 9.61. The molecule has 2 aromatic carbocycles. The van der Waals surface area contributed by atoms with E-state index in [0.29, 0.717) is 0 Å². The maximum atomic E-state index is 13.4. The summed E-state index contributed by atoms with van der Waals surface area (Å²) >= 11 is 0. The van der Waals surface area contributed by atoms with E-state index in [4.69, 9.17) is 19.3 Å². The van der Waals surface area contributed by atoms with Crippen LogP contribution in [0, 0.1) is 11.6 Å². The number of hydrogen-bond acceptors (Lipinski definition) is 4. The summed E-state index contributed by atoms with van der Waals surface area (Å²) in [4.78, 5) is 0. The highest BCUT2D eigenvalue weighted by molar-refractivity contribution is 5.35. The lowest BCUT2D eigenvalue weighted by Crippen LogP contribution is -2.07. The van der Waals surface area contributed by atoms with Gasteiger partial charge in [-0.25, -0.2) is 4.39 Å². The van der Waals surface area contributed by atoms with Crippen molar-refractivity contribution in [2.24, 2.45) is 0 Å². The third-order valence-electron chi connectivity index (χ3n) is 2.51. The molecule has 2 aromatic rings. The zero-order chi connectivity index (χ0) is 14.5. The summed E-state index contributed by atoms with van der Waals surface area (Å²) in [5.41, 5.74) is 0. The quantitative estimate of drug-likeness (QED) is 0.856. The molecule has 0 bridgehead atoms. The molecule has 0 radical (unpaired) electrons. The first kappa shape index (κ1) is 13.9. The number of benzene rings is 2. The van der Waals surface area contributed by atoms with E-state index < -0.39 is 17.4 Å². The summed E-state index contributed by atoms with van der Waals surface area (Å²) in [6.45, 7) is -0.327. The predicted molar refractivity (Wildman–Crippen MR) is 67.1 cm³/mol. The van der Waals surface area contributed by atoms with Crippen LogP contribution in [0.25, 0.3) is 0 Å². The maximum Gasteiger partial charge on any atom is 0.231 e. The van der Waals surface area contributed by atoms with Crippen LogP contribution in [0.1, 0.15) is 0 Å². The van der Waals surface area contributed by atoms with Crippen LogP contribution in [0.5, 0.6) is 23.0 Å². The van der Waals surface area contributed by atoms with Crippen LogP contribution in [0.2, 0.25) is 0 Å². The molecule has 0 aliphatic rings. The monoisotopic (exact) mass is 282 g/mol. The summed E-state index contributed by atoms with van der Waals surface area (Å²) in [5.74, 6) is -1.82. The van der Waals surface area contributed by atoms with E-state index in [1.54, 1.807) is 0 Å². The number of rotatable bonds is 5. The molecule has 2 rings (SSSR count). The maximum absolute atomic E-state index is 13.4. The molecule has 20 heavy (non-hydrogen) atoms. The molecular weight excluding hydrogens is 270 g/mol. The highest BCUT2D eigenvalue weighted by atomic mass is 19.1. The van der Waals surface area contributed by atoms with Crippen LogP contribution in [-0.2, 0) is 0 Å². The molecule has 4 nitrogen and oxygen atoms in total. The number of methoxy groups -OCH3 is 1. The number of aromatic hydroxyl groups is 1. The second-order valence-electron chi connectivity index (χ2n) is 3.79. The molecule has 0 amide bonds. The normalized spacial score (nSPS) is 10.2. The van der Waals surface area contributed by atoms with Gasteiger partial charge < -0.3 is 19.3 Å². The molecule has 0 heterocycles. The largest absolute Gasteiger partial charge is 0.505 e. The smallest absolute Gasteiger partial charge is 0.231 e. The van der Waals surface area contributed by atoms with Crippen LogP contribution in [0.4, 0.5) is 8.78 Å². The fourth-order valence-corrected chi connectivity index (χ4v) is 1.51. The molecule has 0 aromatic heterocycles. The molecule has 0 saturated carbocycles. The van der Waals surface area contributed by atoms with Gasteiger partial charge in [0.25, 0.3) is 0 Å². The van der Waals surface area contributed by atoms with Gasteiger partial charge in [0.1, 0.15) is 5.75 Å². The average Bonchev–Trinajstić information content (AvgIpc) is 2.44. The topological polar surface area (TPSA) is 47.9 Å². The van der Waals surface area contributed by atoms with Gasteiger partial charge in [-0.3, -0.25) is 0 Å². The Morgan fingerprint density at radius 2 is 1.85 bits per heavy atom. The Morgan fingerprint density at radius 1 is 1.05 bits per heavy atom. The van der Waals surface area contributed by atoms with Crippen molar-refractivity contribution >= 4 is 0 Å². The predicted octanol–water partition coefficient (Wildman–Crippen LogP) is 3.09. The van der Waals surface area contributed by atoms with Gasteiger partial charge in [-0.2, -0.15) is 4.39 Å². The summed E-state index contributed by atoms with van der Waals surface area (Å²) in [7, 11) is 1.35. The van der Waals surface area contributed by atoms with Crippen molar-refractivity contribution in [3.63, 3.8) is 0 Å². The third-order valence-corrected chi connectivity index (χ3v) is 2.51. The molecule has 0 unspecified atom stereocenters. The Morgan fingerprint density at radius 3 is 2.55 bits per heavy atom. The van der Waals surface area contributed by atoms with Crippen molar-refractivity contribution in [2.45, 2.75) is 0 Å². The second-order valence-corrected chi connectivity index (χ2v) is 3.79. The lowest BCUT2D eigenvalue weighted by molar-refractivity contribution is 0.114. The molecule has 6 heteroatoms. The third kappa shape index (κ3) is 3.09. The fraction of sp³-hybridized carbons (Fsp3) is 0.143. The highest BCUT2D eigenvalue weighted by Gasteiger charge is 2.08. The second kappa shape index (κ2) is 6.10. The molecular formula is C14H12F2O4. The van der Waals surface area contributed by atoms with Crippen molar-refractivity contribution < 1.29 is 28.1 Å². The van der Waals surface area contributed by atoms with Crippen molar-refractivity contribution in [1.82, 2.24) is 0 Å². The standard InChI is InChI=1S/C14H12F2O4/c1-18-12-6-5-9(7-10(12)15)19-8-20-13-4-2-3-11(17)14(13)16/h2-7,17H,8H2,1H3. The van der Waals surface area contributed by atoms with E-state index in [9.17, 15) is 8.78 Å². The van der Waals surface area contributed by atoms with E-state index >= 15 is 0 Å². The van der Waals surface area contributed by atoms with Crippen molar-refractivity contribution in [3.8, 4) is 23.0 Å². The highest BCUT2D eigenvalue weighted by Crippen LogP contribution is 2.26. The van der Waals surface area contributed by atoms with Crippen molar-refractivity contribution in [3.05, 3.63) is 48.0 Å². The van der Waals surface area contributed by atoms with E-state index in [1.807, 2.05) is 0 Å². The minimum absolute atomic E-state index is 0.0947. The Balaban J connectivity index is 1.96. The van der Waals surface area contributed by atoms with Crippen LogP contribution in [0.15, 0.2) is 36.4 Å². The molecule has 0 spiro atoms. The van der Waals surface area contributed by atoms with Gasteiger partial charge in [-0.1, -0.05) is 6.07 Å². The zero-order valence-corrected chi connectivity index (χ0v) is 10.6. The fourth-order valence-electron chi connectivity index (χ4n) is 1.51. The van der Waals surface area contributed by atoms with Gasteiger partial charge in [-0.15, -0.1) is 0 Å². The van der Waals surface area contributed by atoms with E-state index in [0.717, 1.165) is 6.07 Å². The zero-order valence-electron chi connectivity index (χ0n) is 10.6. The number of halogens is 2. The number of phenols is 1. The minimum Gasteiger partial charge on any atom is -0.505 e. The van der Waals surface area contributed by atoms with Crippen LogP contribution in [0.3, 0.4) is 0 Å². The Kier molecular flexibility index (Phi) is 4.24. The van der Waals surface area contributed by atoms with Crippen molar-refractivity contribution in [1.29, 1.82) is 0 Å². The minimum atomic E-state index is -0.878. The average molecular weight is 282 g/mol. The molecule has 0 atom stereocenters. The molecule has 0 aliphatic carbocycles. The van der Waals surface area contributed by atoms with Gasteiger partial charge in [0.05, 0.1) is 7.11 Å². The van der Waals surface area contributed by atoms with Gasteiger partial charge in [-0.05, 0) is 24.3 Å². The lowest BCUT2D eigenvalue weighted by atomic mass is 10.3. The molecule has 106 valence electrons. The Labute approximate surface area is 114 Å². The first-order valence-electron chi connectivity index (χ1n) is 5.68. The summed E-state index contributed by atoms with van der Waals surface area (Å²) in [6, 6.07) is 7.99. The van der Waals surface area contributed by atoms with Gasteiger partial charge in [0, 0.05) is 6.07 Å². The Bertz CT molecular complexity index is 602. The van der Waals surface area contributed by atoms with Crippen molar-refractivity contribution in [2.75, 3.05) is 13.9 Å². The van der Waals surface area contributed by atoms with Crippen LogP contribution < -0.4 is 14.2 Å². The van der Waals surface area contributed by atoms with Gasteiger partial charge in [0.2, 0.25) is 12.6 Å². The SMILES string of the molecule is COc1ccc(OCOc2cccc(O)c2F)cc1F. The van der Waals surface area contributed by atoms with E-state index in [-0.39, 0.29) is 24.0 Å². The van der Waals surface area contributed by atoms with Crippen LogP contribution in [-0.4, -0.2) is 19.0 Å². The van der Waals surface area contributed by atoms with Crippen LogP contribution >= 0.6 is 0 Å². The van der Waals surface area contributed by atoms with Gasteiger partial charge in [0.15, 0.2) is 23.1 Å². The molecule has 0 aliphatic heterocycles.